The number of hydrogen-bond donors (Lipinski definition) is 2. The molecule has 0 amide bonds. The Hall–Kier alpha value is -3.52. The summed E-state index contributed by atoms with van der Waals surface area (Å²) in [6.45, 7) is 6.93. The number of nitrogens with zero attached hydrogens (tertiary/aromatic N) is 4. The van der Waals surface area contributed by atoms with Crippen molar-refractivity contribution in [3.63, 3.8) is 0 Å². The number of aromatic amines is 2. The Kier molecular flexibility index (Phi) is 4.99. The number of carbonyl (C=O) groups excluding carboxylic acids is 1. The maximum absolute atomic E-state index is 12.8. The number of carbonyl (C=O) groups is 1. The van der Waals surface area contributed by atoms with Gasteiger partial charge >= 0.3 is 0 Å². The molecule has 0 bridgehead atoms. The maximum atomic E-state index is 12.8. The quantitative estimate of drug-likeness (QED) is 0.485. The first-order chi connectivity index (χ1) is 15.1. The Labute approximate surface area is 179 Å². The molecular weight excluding hydrogens is 392 g/mol. The van der Waals surface area contributed by atoms with Crippen LogP contribution in [0, 0.1) is 13.8 Å². The molecule has 1 aliphatic rings. The number of rotatable bonds is 5. The summed E-state index contributed by atoms with van der Waals surface area (Å²) in [7, 11) is 0. The van der Waals surface area contributed by atoms with Crippen LogP contribution in [-0.2, 0) is 11.2 Å². The molecule has 0 radical (unpaired) electrons. The van der Waals surface area contributed by atoms with Crippen molar-refractivity contribution in [2.75, 3.05) is 31.2 Å². The SMILES string of the molecule is Cc1[nH]nc(C(=O)Cc2cnc3[nH]cc(-c4cccc(N5CCOCC5)n4)c3c2)c1C. The van der Waals surface area contributed by atoms with Gasteiger partial charge in [0.2, 0.25) is 0 Å². The van der Waals surface area contributed by atoms with Gasteiger partial charge in [0.25, 0.3) is 0 Å². The summed E-state index contributed by atoms with van der Waals surface area (Å²) in [6, 6.07) is 8.07. The summed E-state index contributed by atoms with van der Waals surface area (Å²) < 4.78 is 5.45. The first kappa shape index (κ1) is 19.4. The second-order valence-corrected chi connectivity index (χ2v) is 7.84. The summed E-state index contributed by atoms with van der Waals surface area (Å²) in [5.41, 5.74) is 5.77. The van der Waals surface area contributed by atoms with Crippen molar-refractivity contribution in [2.45, 2.75) is 20.3 Å². The van der Waals surface area contributed by atoms with Crippen molar-refractivity contribution in [2.24, 2.45) is 0 Å². The molecule has 1 fully saturated rings. The third kappa shape index (κ3) is 3.70. The minimum atomic E-state index is -0.0208. The molecule has 4 aromatic heterocycles. The van der Waals surface area contributed by atoms with E-state index in [0.717, 1.165) is 71.2 Å². The minimum Gasteiger partial charge on any atom is -0.378 e. The third-order valence-electron chi connectivity index (χ3n) is 5.82. The lowest BCUT2D eigenvalue weighted by molar-refractivity contribution is 0.0987. The molecule has 0 saturated carbocycles. The number of H-pyrrole nitrogens is 2. The van der Waals surface area contributed by atoms with Gasteiger partial charge in [-0.05, 0) is 37.6 Å². The Bertz CT molecular complexity index is 1250. The van der Waals surface area contributed by atoms with E-state index in [1.807, 2.05) is 44.3 Å². The van der Waals surface area contributed by atoms with Crippen LogP contribution in [0.4, 0.5) is 5.82 Å². The first-order valence-corrected chi connectivity index (χ1v) is 10.4. The minimum absolute atomic E-state index is 0.0208. The number of pyridine rings is 2. The summed E-state index contributed by atoms with van der Waals surface area (Å²) in [5.74, 6) is 0.923. The predicted octanol–water partition coefficient (Wildman–Crippen LogP) is 3.23. The van der Waals surface area contributed by atoms with E-state index in [9.17, 15) is 4.79 Å². The lowest BCUT2D eigenvalue weighted by Crippen LogP contribution is -2.36. The topological polar surface area (TPSA) is 99.8 Å². The highest BCUT2D eigenvalue weighted by molar-refractivity contribution is 5.98. The lowest BCUT2D eigenvalue weighted by Gasteiger charge is -2.28. The van der Waals surface area contributed by atoms with Crippen molar-refractivity contribution in [3.05, 3.63) is 59.2 Å². The Morgan fingerprint density at radius 3 is 2.84 bits per heavy atom. The van der Waals surface area contributed by atoms with Crippen LogP contribution in [0.1, 0.15) is 27.3 Å². The molecule has 31 heavy (non-hydrogen) atoms. The maximum Gasteiger partial charge on any atom is 0.187 e. The van der Waals surface area contributed by atoms with E-state index in [0.29, 0.717) is 5.69 Å². The molecule has 158 valence electrons. The number of nitrogens with one attached hydrogen (secondary N) is 2. The molecule has 1 aliphatic heterocycles. The van der Waals surface area contributed by atoms with Gasteiger partial charge in [0.15, 0.2) is 5.78 Å². The van der Waals surface area contributed by atoms with Gasteiger partial charge in [-0.15, -0.1) is 0 Å². The highest BCUT2D eigenvalue weighted by atomic mass is 16.5. The monoisotopic (exact) mass is 416 g/mol. The average Bonchev–Trinajstić information content (AvgIpc) is 3.37. The summed E-state index contributed by atoms with van der Waals surface area (Å²) >= 11 is 0. The van der Waals surface area contributed by atoms with Crippen molar-refractivity contribution in [1.82, 2.24) is 25.1 Å². The van der Waals surface area contributed by atoms with Crippen LogP contribution in [-0.4, -0.2) is 57.2 Å². The van der Waals surface area contributed by atoms with Crippen molar-refractivity contribution in [3.8, 4) is 11.3 Å². The number of ketones is 1. The van der Waals surface area contributed by atoms with Crippen molar-refractivity contribution < 1.29 is 9.53 Å². The fourth-order valence-corrected chi connectivity index (χ4v) is 3.92. The van der Waals surface area contributed by atoms with Crippen molar-refractivity contribution in [1.29, 1.82) is 0 Å². The van der Waals surface area contributed by atoms with Gasteiger partial charge < -0.3 is 14.6 Å². The van der Waals surface area contributed by atoms with E-state index in [4.69, 9.17) is 9.72 Å². The summed E-state index contributed by atoms with van der Waals surface area (Å²) in [5, 5.41) is 7.99. The van der Waals surface area contributed by atoms with Gasteiger partial charge in [0, 0.05) is 54.1 Å². The van der Waals surface area contributed by atoms with Crippen LogP contribution in [0.15, 0.2) is 36.7 Å². The number of aryl methyl sites for hydroxylation is 1. The molecule has 8 heteroatoms. The van der Waals surface area contributed by atoms with Gasteiger partial charge in [-0.25, -0.2) is 9.97 Å². The highest BCUT2D eigenvalue weighted by Gasteiger charge is 2.17. The molecular formula is C23H24N6O2. The summed E-state index contributed by atoms with van der Waals surface area (Å²) in [4.78, 5) is 27.6. The zero-order valence-electron chi connectivity index (χ0n) is 17.6. The van der Waals surface area contributed by atoms with Gasteiger partial charge in [-0.2, -0.15) is 5.10 Å². The van der Waals surface area contributed by atoms with E-state index >= 15 is 0 Å². The average molecular weight is 416 g/mol. The van der Waals surface area contributed by atoms with Gasteiger partial charge in [0.1, 0.15) is 17.2 Å². The highest BCUT2D eigenvalue weighted by Crippen LogP contribution is 2.29. The molecule has 5 rings (SSSR count). The van der Waals surface area contributed by atoms with E-state index in [1.165, 1.54) is 0 Å². The fourth-order valence-electron chi connectivity index (χ4n) is 3.92. The second kappa shape index (κ2) is 7.96. The standard InChI is InChI=1S/C23H24N6O2/c1-14-15(2)27-28-22(14)20(30)11-16-10-17-18(13-25-23(17)24-12-16)19-4-3-5-21(26-19)29-6-8-31-9-7-29/h3-5,10,12-13H,6-9,11H2,1-2H3,(H,24,25)(H,27,28). The van der Waals surface area contributed by atoms with Crippen molar-refractivity contribution >= 4 is 22.6 Å². The number of ether oxygens (including phenoxy) is 1. The van der Waals surface area contributed by atoms with E-state index in [-0.39, 0.29) is 12.2 Å². The number of aromatic nitrogens is 5. The molecule has 0 unspecified atom stereocenters. The zero-order valence-corrected chi connectivity index (χ0v) is 17.6. The van der Waals surface area contributed by atoms with E-state index in [1.54, 1.807) is 6.20 Å². The van der Waals surface area contributed by atoms with Crippen LogP contribution in [0.5, 0.6) is 0 Å². The number of morpholine rings is 1. The zero-order chi connectivity index (χ0) is 21.4. The molecule has 4 aromatic rings. The Morgan fingerprint density at radius 2 is 2.06 bits per heavy atom. The van der Waals surface area contributed by atoms with Gasteiger partial charge in [-0.1, -0.05) is 6.07 Å². The largest absolute Gasteiger partial charge is 0.378 e. The van der Waals surface area contributed by atoms with Crippen LogP contribution < -0.4 is 4.90 Å². The van der Waals surface area contributed by atoms with E-state index in [2.05, 4.69) is 25.1 Å². The second-order valence-electron chi connectivity index (χ2n) is 7.84. The van der Waals surface area contributed by atoms with Crippen LogP contribution in [0.2, 0.25) is 0 Å². The smallest absolute Gasteiger partial charge is 0.187 e. The molecule has 0 aromatic carbocycles. The number of hydrogen-bond acceptors (Lipinski definition) is 6. The molecule has 5 heterocycles. The first-order valence-electron chi connectivity index (χ1n) is 10.4. The molecule has 0 atom stereocenters. The Balaban J connectivity index is 1.45. The molecule has 8 nitrogen and oxygen atoms in total. The van der Waals surface area contributed by atoms with Crippen LogP contribution >= 0.6 is 0 Å². The molecule has 1 saturated heterocycles. The van der Waals surface area contributed by atoms with Crippen LogP contribution in [0.3, 0.4) is 0 Å². The number of anilines is 1. The van der Waals surface area contributed by atoms with E-state index < -0.39 is 0 Å². The third-order valence-corrected chi connectivity index (χ3v) is 5.82. The molecule has 0 spiro atoms. The normalized spacial score (nSPS) is 14.3. The van der Waals surface area contributed by atoms with Gasteiger partial charge in [0.05, 0.1) is 18.9 Å². The van der Waals surface area contributed by atoms with Gasteiger partial charge in [-0.3, -0.25) is 9.89 Å². The molecule has 0 aliphatic carbocycles. The fraction of sp³-hybridized carbons (Fsp3) is 0.304. The predicted molar refractivity (Wildman–Crippen MR) is 118 cm³/mol. The van der Waals surface area contributed by atoms with Crippen LogP contribution in [0.25, 0.3) is 22.3 Å². The lowest BCUT2D eigenvalue weighted by atomic mass is 10.0. The summed E-state index contributed by atoms with van der Waals surface area (Å²) in [6.07, 6.45) is 3.92. The number of Topliss-reactive ketones (excluding diaryl/α,β-unsaturated/α-hetero) is 1. The number of fused-ring (bicyclic) bond motifs is 1. The molecule has 2 N–H and O–H groups in total. The Morgan fingerprint density at radius 1 is 1.23 bits per heavy atom.